The first-order chi connectivity index (χ1) is 8.17. The third kappa shape index (κ3) is 3.09. The maximum atomic E-state index is 12.2. The first-order valence-electron chi connectivity index (χ1n) is 5.27. The SMILES string of the molecule is CC(C)(C)NS(=O)(=O)c1ccc2nc(Br)sc2c1. The first kappa shape index (κ1) is 13.9. The molecule has 18 heavy (non-hydrogen) atoms. The van der Waals surface area contributed by atoms with E-state index in [1.165, 1.54) is 11.3 Å². The molecule has 2 rings (SSSR count). The summed E-state index contributed by atoms with van der Waals surface area (Å²) in [5.74, 6) is 0. The largest absolute Gasteiger partial charge is 0.241 e. The second-order valence-corrected chi connectivity index (χ2v) is 8.94. The predicted molar refractivity (Wildman–Crippen MR) is 77.4 cm³/mol. The molecule has 0 saturated heterocycles. The van der Waals surface area contributed by atoms with Gasteiger partial charge in [-0.1, -0.05) is 0 Å². The summed E-state index contributed by atoms with van der Waals surface area (Å²) in [5.41, 5.74) is 0.295. The van der Waals surface area contributed by atoms with Gasteiger partial charge in [-0.25, -0.2) is 18.1 Å². The molecule has 0 saturated carbocycles. The van der Waals surface area contributed by atoms with E-state index in [0.717, 1.165) is 14.1 Å². The predicted octanol–water partition coefficient (Wildman–Crippen LogP) is 3.14. The van der Waals surface area contributed by atoms with E-state index in [-0.39, 0.29) is 4.90 Å². The molecule has 2 aromatic rings. The number of hydrogen-bond acceptors (Lipinski definition) is 4. The Labute approximate surface area is 119 Å². The number of nitrogens with one attached hydrogen (secondary N) is 1. The molecule has 0 unspecified atom stereocenters. The summed E-state index contributed by atoms with van der Waals surface area (Å²) in [6.07, 6.45) is 0. The molecule has 0 spiro atoms. The summed E-state index contributed by atoms with van der Waals surface area (Å²) in [6, 6.07) is 4.93. The van der Waals surface area contributed by atoms with Crippen molar-refractivity contribution in [1.82, 2.24) is 9.71 Å². The lowest BCUT2D eigenvalue weighted by atomic mass is 10.1. The highest BCUT2D eigenvalue weighted by Gasteiger charge is 2.22. The molecule has 1 heterocycles. The Morgan fingerprint density at radius 3 is 2.61 bits per heavy atom. The number of benzene rings is 1. The highest BCUT2D eigenvalue weighted by molar-refractivity contribution is 9.11. The van der Waals surface area contributed by atoms with Crippen molar-refractivity contribution in [3.8, 4) is 0 Å². The van der Waals surface area contributed by atoms with Crippen LogP contribution in [0.5, 0.6) is 0 Å². The van der Waals surface area contributed by atoms with Gasteiger partial charge in [-0.15, -0.1) is 11.3 Å². The van der Waals surface area contributed by atoms with Gasteiger partial charge in [-0.3, -0.25) is 0 Å². The third-order valence-corrected chi connectivity index (χ3v) is 5.31. The van der Waals surface area contributed by atoms with Crippen LogP contribution in [0.4, 0.5) is 0 Å². The molecule has 0 atom stereocenters. The van der Waals surface area contributed by atoms with E-state index in [9.17, 15) is 8.42 Å². The van der Waals surface area contributed by atoms with Gasteiger partial charge in [0.25, 0.3) is 0 Å². The number of hydrogen-bond donors (Lipinski definition) is 1. The van der Waals surface area contributed by atoms with Gasteiger partial charge in [0.15, 0.2) is 3.92 Å². The van der Waals surface area contributed by atoms with Gasteiger partial charge in [0.1, 0.15) is 0 Å². The van der Waals surface area contributed by atoms with E-state index in [2.05, 4.69) is 25.6 Å². The molecule has 1 aromatic carbocycles. The van der Waals surface area contributed by atoms with Crippen LogP contribution in [0.15, 0.2) is 27.0 Å². The van der Waals surface area contributed by atoms with Crippen molar-refractivity contribution in [3.05, 3.63) is 22.1 Å². The van der Waals surface area contributed by atoms with Gasteiger partial charge < -0.3 is 0 Å². The van der Waals surface area contributed by atoms with Crippen molar-refractivity contribution in [2.24, 2.45) is 0 Å². The lowest BCUT2D eigenvalue weighted by Gasteiger charge is -2.20. The normalized spacial score (nSPS) is 13.1. The van der Waals surface area contributed by atoms with E-state index >= 15 is 0 Å². The quantitative estimate of drug-likeness (QED) is 0.906. The summed E-state index contributed by atoms with van der Waals surface area (Å²) in [4.78, 5) is 4.50. The molecule has 0 aliphatic carbocycles. The average molecular weight is 349 g/mol. The van der Waals surface area contributed by atoms with Crippen molar-refractivity contribution >= 4 is 47.5 Å². The molecular weight excluding hydrogens is 336 g/mol. The fourth-order valence-electron chi connectivity index (χ4n) is 1.51. The Hall–Kier alpha value is -0.500. The first-order valence-corrected chi connectivity index (χ1v) is 8.37. The minimum absolute atomic E-state index is 0.265. The second kappa shape index (κ2) is 4.56. The van der Waals surface area contributed by atoms with Gasteiger partial charge in [-0.2, -0.15) is 0 Å². The number of sulfonamides is 1. The summed E-state index contributed by atoms with van der Waals surface area (Å²) in [6.45, 7) is 5.44. The van der Waals surface area contributed by atoms with Crippen molar-refractivity contribution in [3.63, 3.8) is 0 Å². The van der Waals surface area contributed by atoms with Crippen LogP contribution in [0, 0.1) is 0 Å². The van der Waals surface area contributed by atoms with Crippen LogP contribution < -0.4 is 4.72 Å². The summed E-state index contributed by atoms with van der Waals surface area (Å²) < 4.78 is 28.5. The van der Waals surface area contributed by atoms with Gasteiger partial charge >= 0.3 is 0 Å². The molecule has 98 valence electrons. The smallest absolute Gasteiger partial charge is 0.229 e. The lowest BCUT2D eigenvalue weighted by molar-refractivity contribution is 0.491. The van der Waals surface area contributed by atoms with Gasteiger partial charge in [-0.05, 0) is 54.9 Å². The molecule has 7 heteroatoms. The van der Waals surface area contributed by atoms with Gasteiger partial charge in [0.2, 0.25) is 10.0 Å². The van der Waals surface area contributed by atoms with Crippen LogP contribution in [0.25, 0.3) is 10.2 Å². The third-order valence-electron chi connectivity index (χ3n) is 2.08. The Balaban J connectivity index is 2.47. The highest BCUT2D eigenvalue weighted by atomic mass is 79.9. The topological polar surface area (TPSA) is 59.1 Å². The van der Waals surface area contributed by atoms with Crippen LogP contribution in [0.1, 0.15) is 20.8 Å². The molecule has 0 amide bonds. The van der Waals surface area contributed by atoms with Gasteiger partial charge in [0, 0.05) is 5.54 Å². The van der Waals surface area contributed by atoms with E-state index in [1.807, 2.05) is 20.8 Å². The average Bonchev–Trinajstić information content (AvgIpc) is 2.52. The van der Waals surface area contributed by atoms with Crippen molar-refractivity contribution < 1.29 is 8.42 Å². The number of rotatable bonds is 2. The molecule has 1 aromatic heterocycles. The van der Waals surface area contributed by atoms with Crippen molar-refractivity contribution in [1.29, 1.82) is 0 Å². The lowest BCUT2D eigenvalue weighted by Crippen LogP contribution is -2.40. The van der Waals surface area contributed by atoms with E-state index in [1.54, 1.807) is 18.2 Å². The van der Waals surface area contributed by atoms with Crippen molar-refractivity contribution in [2.45, 2.75) is 31.2 Å². The number of aromatic nitrogens is 1. The van der Waals surface area contributed by atoms with Crippen LogP contribution in [0.2, 0.25) is 0 Å². The molecular formula is C11H13BrN2O2S2. The number of nitrogens with zero attached hydrogens (tertiary/aromatic N) is 1. The van der Waals surface area contributed by atoms with Gasteiger partial charge in [0.05, 0.1) is 15.1 Å². The summed E-state index contributed by atoms with van der Waals surface area (Å²) >= 11 is 4.70. The van der Waals surface area contributed by atoms with E-state index in [0.29, 0.717) is 0 Å². The zero-order chi connectivity index (χ0) is 13.6. The summed E-state index contributed by atoms with van der Waals surface area (Å²) in [5, 5.41) is 0. The Morgan fingerprint density at radius 2 is 2.00 bits per heavy atom. The molecule has 0 fully saturated rings. The second-order valence-electron chi connectivity index (χ2n) is 4.95. The van der Waals surface area contributed by atoms with Crippen LogP contribution in [-0.4, -0.2) is 18.9 Å². The maximum Gasteiger partial charge on any atom is 0.241 e. The Morgan fingerprint density at radius 1 is 1.33 bits per heavy atom. The molecule has 0 radical (unpaired) electrons. The minimum Gasteiger partial charge on any atom is -0.229 e. The number of thiazole rings is 1. The van der Waals surface area contributed by atoms with Crippen molar-refractivity contribution in [2.75, 3.05) is 0 Å². The highest BCUT2D eigenvalue weighted by Crippen LogP contribution is 2.28. The fourth-order valence-corrected chi connectivity index (χ4v) is 4.47. The fraction of sp³-hybridized carbons (Fsp3) is 0.364. The zero-order valence-electron chi connectivity index (χ0n) is 10.2. The molecule has 0 aliphatic heterocycles. The monoisotopic (exact) mass is 348 g/mol. The van der Waals surface area contributed by atoms with Crippen LogP contribution in [-0.2, 0) is 10.0 Å². The molecule has 1 N–H and O–H groups in total. The number of halogens is 1. The molecule has 0 bridgehead atoms. The zero-order valence-corrected chi connectivity index (χ0v) is 13.4. The molecule has 4 nitrogen and oxygen atoms in total. The van der Waals surface area contributed by atoms with Crippen LogP contribution >= 0.6 is 27.3 Å². The van der Waals surface area contributed by atoms with E-state index < -0.39 is 15.6 Å². The number of fused-ring (bicyclic) bond motifs is 1. The summed E-state index contributed by atoms with van der Waals surface area (Å²) in [7, 11) is -3.49. The maximum absolute atomic E-state index is 12.2. The Bertz CT molecular complexity index is 687. The van der Waals surface area contributed by atoms with Crippen LogP contribution in [0.3, 0.4) is 0 Å². The Kier molecular flexibility index (Phi) is 3.52. The minimum atomic E-state index is -3.49. The molecule has 0 aliphatic rings. The van der Waals surface area contributed by atoms with E-state index in [4.69, 9.17) is 0 Å². The standard InChI is InChI=1S/C11H13BrN2O2S2/c1-11(2,3)14-18(15,16)7-4-5-8-9(6-7)17-10(12)13-8/h4-6,14H,1-3H3.